The fourth-order valence-electron chi connectivity index (χ4n) is 0.359. The predicted molar refractivity (Wildman–Crippen MR) is 30.9 cm³/mol. The van der Waals surface area contributed by atoms with Gasteiger partial charge in [0.25, 0.3) is 0 Å². The van der Waals surface area contributed by atoms with Crippen molar-refractivity contribution in [3.63, 3.8) is 0 Å². The smallest absolute Gasteiger partial charge is 0.0644 e. The van der Waals surface area contributed by atoms with Crippen LogP contribution in [-0.2, 0) is 0 Å². The standard InChI is InChI=1S/C6H7N/c7-6-4-2-1-3-5-6/h1-5H,7H2/i1D,4D. The molecule has 0 saturated carbocycles. The molecule has 0 amide bonds. The maximum atomic E-state index is 7.12. The Morgan fingerprint density at radius 3 is 3.00 bits per heavy atom. The molecule has 1 rings (SSSR count). The van der Waals surface area contributed by atoms with Gasteiger partial charge in [0.05, 0.1) is 2.74 Å². The van der Waals surface area contributed by atoms with E-state index in [0.29, 0.717) is 11.7 Å². The van der Waals surface area contributed by atoms with Crippen LogP contribution in [0.4, 0.5) is 5.69 Å². The molecular weight excluding hydrogens is 86.1 g/mol. The molecule has 0 atom stereocenters. The van der Waals surface area contributed by atoms with Crippen molar-refractivity contribution in [2.24, 2.45) is 0 Å². The summed E-state index contributed by atoms with van der Waals surface area (Å²) in [6.07, 6.45) is 0. The summed E-state index contributed by atoms with van der Waals surface area (Å²) in [6, 6.07) is 5.09. The molecule has 0 spiro atoms. The summed E-state index contributed by atoms with van der Waals surface area (Å²) in [4.78, 5) is 0. The van der Waals surface area contributed by atoms with Crippen molar-refractivity contribution in [3.05, 3.63) is 30.3 Å². The molecule has 36 valence electrons. The Morgan fingerprint density at radius 1 is 1.57 bits per heavy atom. The van der Waals surface area contributed by atoms with Gasteiger partial charge in [-0.25, -0.2) is 0 Å². The Balaban J connectivity index is 3.17. The molecule has 7 heavy (non-hydrogen) atoms. The van der Waals surface area contributed by atoms with Crippen LogP contribution < -0.4 is 5.73 Å². The van der Waals surface area contributed by atoms with Crippen molar-refractivity contribution in [3.8, 4) is 0 Å². The molecule has 0 aliphatic rings. The van der Waals surface area contributed by atoms with Gasteiger partial charge in [-0.15, -0.1) is 0 Å². The lowest BCUT2D eigenvalue weighted by atomic mass is 10.3. The van der Waals surface area contributed by atoms with E-state index in [4.69, 9.17) is 8.48 Å². The molecule has 1 aromatic rings. The Hall–Kier alpha value is -0.980. The largest absolute Gasteiger partial charge is 0.399 e. The van der Waals surface area contributed by atoms with Crippen LogP contribution >= 0.6 is 0 Å². The molecule has 0 fully saturated rings. The lowest BCUT2D eigenvalue weighted by Crippen LogP contribution is -1.79. The van der Waals surface area contributed by atoms with Gasteiger partial charge in [0.2, 0.25) is 0 Å². The van der Waals surface area contributed by atoms with Crippen molar-refractivity contribution in [2.75, 3.05) is 5.73 Å². The highest BCUT2D eigenvalue weighted by atomic mass is 14.5. The highest BCUT2D eigenvalue weighted by molar-refractivity contribution is 5.35. The van der Waals surface area contributed by atoms with Crippen molar-refractivity contribution < 1.29 is 2.74 Å². The first-order valence-corrected chi connectivity index (χ1v) is 2.03. The van der Waals surface area contributed by atoms with E-state index in [1.165, 1.54) is 6.07 Å². The highest BCUT2D eigenvalue weighted by Gasteiger charge is 1.72. The molecule has 0 aliphatic heterocycles. The number of para-hydroxylation sites is 1. The molecule has 1 heteroatoms. The molecule has 0 saturated heterocycles. The minimum absolute atomic E-state index is 0.225. The van der Waals surface area contributed by atoms with E-state index >= 15 is 0 Å². The van der Waals surface area contributed by atoms with Crippen molar-refractivity contribution in [2.45, 2.75) is 0 Å². The van der Waals surface area contributed by atoms with E-state index in [9.17, 15) is 0 Å². The third-order valence-corrected chi connectivity index (χ3v) is 0.681. The van der Waals surface area contributed by atoms with Crippen LogP contribution in [0.3, 0.4) is 0 Å². The van der Waals surface area contributed by atoms with Gasteiger partial charge < -0.3 is 5.73 Å². The first-order valence-electron chi connectivity index (χ1n) is 3.03. The van der Waals surface area contributed by atoms with Crippen LogP contribution in [0.1, 0.15) is 2.74 Å². The zero-order valence-corrected chi connectivity index (χ0v) is 3.81. The van der Waals surface area contributed by atoms with Crippen molar-refractivity contribution in [1.29, 1.82) is 0 Å². The average molecular weight is 95.1 g/mol. The molecule has 0 radical (unpaired) electrons. The van der Waals surface area contributed by atoms with Gasteiger partial charge in [0, 0.05) is 5.69 Å². The van der Waals surface area contributed by atoms with Crippen molar-refractivity contribution in [1.82, 2.24) is 0 Å². The number of anilines is 1. The predicted octanol–water partition coefficient (Wildman–Crippen LogP) is 1.27. The second-order valence-corrected chi connectivity index (χ2v) is 1.24. The van der Waals surface area contributed by atoms with Gasteiger partial charge in [-0.1, -0.05) is 18.2 Å². The zero-order valence-electron chi connectivity index (χ0n) is 5.81. The summed E-state index contributed by atoms with van der Waals surface area (Å²) in [6.45, 7) is 0. The number of nitrogens with two attached hydrogens (primary N) is 1. The van der Waals surface area contributed by atoms with Gasteiger partial charge in [-0.3, -0.25) is 0 Å². The monoisotopic (exact) mass is 95.1 g/mol. The summed E-state index contributed by atoms with van der Waals surface area (Å²) >= 11 is 0. The number of hydrogen-bond acceptors (Lipinski definition) is 1. The minimum Gasteiger partial charge on any atom is -0.399 e. The maximum absolute atomic E-state index is 7.12. The van der Waals surface area contributed by atoms with Crippen LogP contribution in [0.5, 0.6) is 0 Å². The summed E-state index contributed by atoms with van der Waals surface area (Å²) in [5, 5.41) is 0. The van der Waals surface area contributed by atoms with E-state index in [2.05, 4.69) is 0 Å². The fraction of sp³-hybridized carbons (Fsp3) is 0. The van der Waals surface area contributed by atoms with Crippen LogP contribution in [0.25, 0.3) is 0 Å². The van der Waals surface area contributed by atoms with E-state index in [0.717, 1.165) is 0 Å². The Morgan fingerprint density at radius 2 is 2.43 bits per heavy atom. The first kappa shape index (κ1) is 2.36. The molecular formula is C6H7N. The number of rotatable bonds is 0. The zero-order chi connectivity index (χ0) is 6.85. The van der Waals surface area contributed by atoms with E-state index in [-0.39, 0.29) is 6.04 Å². The average Bonchev–Trinajstić information content (AvgIpc) is 1.80. The normalized spacial score (nSPS) is 12.6. The first-order chi connectivity index (χ1) is 4.20. The number of nitrogen functional groups attached to an aromatic ring is 1. The Bertz CT molecular complexity index is 222. The quantitative estimate of drug-likeness (QED) is 0.482. The summed E-state index contributed by atoms with van der Waals surface area (Å²) < 4.78 is 14.2. The fourth-order valence-corrected chi connectivity index (χ4v) is 0.359. The third kappa shape index (κ3) is 0.929. The van der Waals surface area contributed by atoms with Gasteiger partial charge in [-0.2, -0.15) is 0 Å². The second kappa shape index (κ2) is 1.65. The number of hydrogen-bond donors (Lipinski definition) is 1. The molecule has 0 bridgehead atoms. The van der Waals surface area contributed by atoms with Crippen LogP contribution in [0.2, 0.25) is 0 Å². The number of benzene rings is 1. The van der Waals surface area contributed by atoms with Gasteiger partial charge in [0.1, 0.15) is 0 Å². The van der Waals surface area contributed by atoms with Gasteiger partial charge in [0.15, 0.2) is 0 Å². The summed E-state index contributed by atoms with van der Waals surface area (Å²) in [5.74, 6) is 0. The summed E-state index contributed by atoms with van der Waals surface area (Å²) in [5.41, 5.74) is 5.74. The van der Waals surface area contributed by atoms with Crippen LogP contribution in [0.15, 0.2) is 30.3 Å². The van der Waals surface area contributed by atoms with Gasteiger partial charge in [-0.05, 0) is 12.1 Å². The Kier molecular flexibility index (Phi) is 0.555. The molecule has 0 aliphatic carbocycles. The molecule has 1 nitrogen and oxygen atoms in total. The molecule has 2 N–H and O–H groups in total. The topological polar surface area (TPSA) is 26.0 Å². The second-order valence-electron chi connectivity index (χ2n) is 1.24. The Labute approximate surface area is 45.6 Å². The van der Waals surface area contributed by atoms with Gasteiger partial charge >= 0.3 is 0 Å². The lowest BCUT2D eigenvalue weighted by molar-refractivity contribution is 1.69. The minimum atomic E-state index is 0.225. The third-order valence-electron chi connectivity index (χ3n) is 0.681. The van der Waals surface area contributed by atoms with E-state index < -0.39 is 0 Å². The maximum Gasteiger partial charge on any atom is 0.0644 e. The molecule has 0 unspecified atom stereocenters. The van der Waals surface area contributed by atoms with E-state index in [1.807, 2.05) is 0 Å². The van der Waals surface area contributed by atoms with Crippen LogP contribution in [0, 0.1) is 0 Å². The lowest BCUT2D eigenvalue weighted by Gasteiger charge is -1.83. The summed E-state index contributed by atoms with van der Waals surface area (Å²) in [7, 11) is 0. The molecule has 0 aromatic heterocycles. The SMILES string of the molecule is [2H]c1ccc(N)c([2H])c1. The molecule has 0 heterocycles. The van der Waals surface area contributed by atoms with Crippen LogP contribution in [-0.4, -0.2) is 0 Å². The van der Waals surface area contributed by atoms with E-state index in [1.54, 1.807) is 12.1 Å². The molecule has 1 aromatic carbocycles. The highest BCUT2D eigenvalue weighted by Crippen LogP contribution is 1.95. The van der Waals surface area contributed by atoms with Crippen molar-refractivity contribution >= 4 is 5.69 Å².